The average Bonchev–Trinajstić information content (AvgIpc) is 3.12. The van der Waals surface area contributed by atoms with E-state index in [9.17, 15) is 22.0 Å². The summed E-state index contributed by atoms with van der Waals surface area (Å²) in [6, 6.07) is 6.35. The van der Waals surface area contributed by atoms with Gasteiger partial charge in [0.05, 0.1) is 24.8 Å². The maximum Gasteiger partial charge on any atom is 0.230 e. The molecular formula is C18H20F2N2O4S. The van der Waals surface area contributed by atoms with Crippen molar-refractivity contribution in [2.75, 3.05) is 24.2 Å². The molecule has 146 valence electrons. The zero-order valence-electron chi connectivity index (χ0n) is 14.8. The molecule has 1 amide bonds. The van der Waals surface area contributed by atoms with Crippen LogP contribution in [-0.2, 0) is 21.4 Å². The van der Waals surface area contributed by atoms with Crippen LogP contribution in [0, 0.1) is 17.6 Å². The molecule has 1 aromatic carbocycles. The molecular weight excluding hydrogens is 378 g/mol. The lowest BCUT2D eigenvalue weighted by Crippen LogP contribution is -2.44. The molecule has 0 unspecified atom stereocenters. The van der Waals surface area contributed by atoms with Crippen LogP contribution in [0.1, 0.15) is 18.6 Å². The van der Waals surface area contributed by atoms with Gasteiger partial charge < -0.3 is 9.32 Å². The molecule has 9 heteroatoms. The van der Waals surface area contributed by atoms with Gasteiger partial charge in [-0.05, 0) is 37.1 Å². The molecule has 0 radical (unpaired) electrons. The first kappa shape index (κ1) is 19.5. The van der Waals surface area contributed by atoms with Gasteiger partial charge in [-0.3, -0.25) is 4.79 Å². The largest absolute Gasteiger partial charge is 0.467 e. The van der Waals surface area contributed by atoms with E-state index < -0.39 is 27.6 Å². The Balaban J connectivity index is 1.83. The smallest absolute Gasteiger partial charge is 0.230 e. The van der Waals surface area contributed by atoms with Crippen molar-refractivity contribution in [2.45, 2.75) is 19.4 Å². The molecule has 0 atom stereocenters. The molecule has 3 rings (SSSR count). The van der Waals surface area contributed by atoms with Crippen molar-refractivity contribution in [1.82, 2.24) is 4.31 Å². The Morgan fingerprint density at radius 2 is 1.96 bits per heavy atom. The van der Waals surface area contributed by atoms with Crippen molar-refractivity contribution >= 4 is 21.6 Å². The first-order valence-corrected chi connectivity index (χ1v) is 10.3. The number of hydrogen-bond donors (Lipinski definition) is 0. The van der Waals surface area contributed by atoms with E-state index in [2.05, 4.69) is 0 Å². The zero-order chi connectivity index (χ0) is 19.6. The minimum atomic E-state index is -3.31. The molecule has 1 aliphatic rings. The highest BCUT2D eigenvalue weighted by atomic mass is 32.2. The lowest BCUT2D eigenvalue weighted by Gasteiger charge is -2.33. The number of furan rings is 1. The van der Waals surface area contributed by atoms with Crippen LogP contribution >= 0.6 is 0 Å². The lowest BCUT2D eigenvalue weighted by atomic mass is 9.96. The van der Waals surface area contributed by atoms with Gasteiger partial charge in [0.15, 0.2) is 0 Å². The summed E-state index contributed by atoms with van der Waals surface area (Å²) in [7, 11) is -3.31. The molecule has 0 saturated carbocycles. The minimum Gasteiger partial charge on any atom is -0.467 e. The quantitative estimate of drug-likeness (QED) is 0.777. The van der Waals surface area contributed by atoms with Crippen molar-refractivity contribution in [3.8, 4) is 0 Å². The average molecular weight is 398 g/mol. The molecule has 0 spiro atoms. The monoisotopic (exact) mass is 398 g/mol. The first-order valence-electron chi connectivity index (χ1n) is 8.49. The number of amides is 1. The molecule has 0 N–H and O–H groups in total. The molecule has 2 aromatic rings. The van der Waals surface area contributed by atoms with Gasteiger partial charge in [-0.2, -0.15) is 0 Å². The second-order valence-corrected chi connectivity index (χ2v) is 8.52. The molecule has 27 heavy (non-hydrogen) atoms. The molecule has 1 aromatic heterocycles. The summed E-state index contributed by atoms with van der Waals surface area (Å²) in [6.45, 7) is 0.464. The third-order valence-electron chi connectivity index (χ3n) is 4.63. The van der Waals surface area contributed by atoms with Crippen molar-refractivity contribution in [1.29, 1.82) is 0 Å². The first-order chi connectivity index (χ1) is 12.8. The van der Waals surface area contributed by atoms with Gasteiger partial charge in [-0.25, -0.2) is 21.5 Å². The van der Waals surface area contributed by atoms with Crippen molar-refractivity contribution in [3.05, 3.63) is 54.0 Å². The van der Waals surface area contributed by atoms with Crippen LogP contribution in [0.15, 0.2) is 41.0 Å². The minimum absolute atomic E-state index is 0.000671. The Bertz CT molecular complexity index is 907. The van der Waals surface area contributed by atoms with Gasteiger partial charge in [0, 0.05) is 25.1 Å². The predicted molar refractivity (Wildman–Crippen MR) is 95.4 cm³/mol. The third kappa shape index (κ3) is 4.54. The van der Waals surface area contributed by atoms with Gasteiger partial charge in [0.1, 0.15) is 17.4 Å². The third-order valence-corrected chi connectivity index (χ3v) is 5.94. The molecule has 2 heterocycles. The fourth-order valence-electron chi connectivity index (χ4n) is 3.20. The number of halogens is 2. The summed E-state index contributed by atoms with van der Waals surface area (Å²) in [5, 5.41) is 0. The molecule has 6 nitrogen and oxygen atoms in total. The number of hydrogen-bond acceptors (Lipinski definition) is 4. The molecule has 1 saturated heterocycles. The van der Waals surface area contributed by atoms with E-state index in [4.69, 9.17) is 4.42 Å². The summed E-state index contributed by atoms with van der Waals surface area (Å²) in [6.07, 6.45) is 3.25. The van der Waals surface area contributed by atoms with Gasteiger partial charge in [0.2, 0.25) is 15.9 Å². The van der Waals surface area contributed by atoms with Gasteiger partial charge >= 0.3 is 0 Å². The maximum absolute atomic E-state index is 14.3. The van der Waals surface area contributed by atoms with E-state index in [-0.39, 0.29) is 31.2 Å². The van der Waals surface area contributed by atoms with E-state index in [0.29, 0.717) is 18.6 Å². The van der Waals surface area contributed by atoms with Gasteiger partial charge in [-0.15, -0.1) is 0 Å². The highest BCUT2D eigenvalue weighted by Gasteiger charge is 2.33. The van der Waals surface area contributed by atoms with Crippen LogP contribution in [0.3, 0.4) is 0 Å². The fraction of sp³-hybridized carbons (Fsp3) is 0.389. The number of sulfonamides is 1. The van der Waals surface area contributed by atoms with Crippen molar-refractivity contribution < 1.29 is 26.4 Å². The standard InChI is InChI=1S/C18H20F2N2O4S/c1-27(24,25)21-8-6-13(7-9-21)18(23)22(12-15-3-2-10-26-15)17-5-4-14(19)11-16(17)20/h2-5,10-11,13H,6-9,12H2,1H3. The topological polar surface area (TPSA) is 70.8 Å². The second-order valence-electron chi connectivity index (χ2n) is 6.54. The van der Waals surface area contributed by atoms with Crippen molar-refractivity contribution in [3.63, 3.8) is 0 Å². The Labute approximate surface area is 156 Å². The number of anilines is 1. The Morgan fingerprint density at radius 3 is 2.52 bits per heavy atom. The SMILES string of the molecule is CS(=O)(=O)N1CCC(C(=O)N(Cc2ccco2)c2ccc(F)cc2F)CC1. The lowest BCUT2D eigenvalue weighted by molar-refractivity contribution is -0.123. The molecule has 1 aliphatic heterocycles. The number of carbonyl (C=O) groups is 1. The number of nitrogens with zero attached hydrogens (tertiary/aromatic N) is 2. The number of piperidine rings is 1. The van der Waals surface area contributed by atoms with E-state index in [0.717, 1.165) is 18.4 Å². The van der Waals surface area contributed by atoms with Gasteiger partial charge in [0.25, 0.3) is 0 Å². The van der Waals surface area contributed by atoms with Crippen LogP contribution in [0.2, 0.25) is 0 Å². The number of benzene rings is 1. The molecule has 0 aliphatic carbocycles. The Hall–Kier alpha value is -2.26. The van der Waals surface area contributed by atoms with E-state index >= 15 is 0 Å². The molecule has 0 bridgehead atoms. The summed E-state index contributed by atoms with van der Waals surface area (Å²) in [4.78, 5) is 14.3. The van der Waals surface area contributed by atoms with Crippen LogP contribution in [0.5, 0.6) is 0 Å². The normalized spacial score (nSPS) is 16.4. The maximum atomic E-state index is 14.3. The zero-order valence-corrected chi connectivity index (χ0v) is 15.6. The van der Waals surface area contributed by atoms with Crippen molar-refractivity contribution in [2.24, 2.45) is 5.92 Å². The van der Waals surface area contributed by atoms with E-state index in [1.807, 2.05) is 0 Å². The number of carbonyl (C=O) groups excluding carboxylic acids is 1. The van der Waals surface area contributed by atoms with E-state index in [1.54, 1.807) is 12.1 Å². The highest BCUT2D eigenvalue weighted by Crippen LogP contribution is 2.28. The highest BCUT2D eigenvalue weighted by molar-refractivity contribution is 7.88. The Kier molecular flexibility index (Phi) is 5.61. The summed E-state index contributed by atoms with van der Waals surface area (Å²) in [5.74, 6) is -1.92. The molecule has 1 fully saturated rings. The van der Waals surface area contributed by atoms with Crippen LogP contribution in [0.4, 0.5) is 14.5 Å². The van der Waals surface area contributed by atoms with Crippen LogP contribution in [-0.4, -0.2) is 38.0 Å². The number of rotatable bonds is 5. The van der Waals surface area contributed by atoms with Gasteiger partial charge in [-0.1, -0.05) is 0 Å². The van der Waals surface area contributed by atoms with Crippen LogP contribution in [0.25, 0.3) is 0 Å². The summed E-state index contributed by atoms with van der Waals surface area (Å²) < 4.78 is 57.5. The van der Waals surface area contributed by atoms with E-state index in [1.165, 1.54) is 21.5 Å². The summed E-state index contributed by atoms with van der Waals surface area (Å²) in [5.41, 5.74) is -0.0386. The van der Waals surface area contributed by atoms with Crippen LogP contribution < -0.4 is 4.90 Å². The fourth-order valence-corrected chi connectivity index (χ4v) is 4.07. The Morgan fingerprint density at radius 1 is 1.26 bits per heavy atom. The summed E-state index contributed by atoms with van der Waals surface area (Å²) >= 11 is 0. The second kappa shape index (κ2) is 7.77. The predicted octanol–water partition coefficient (Wildman–Crippen LogP) is 2.76.